The predicted molar refractivity (Wildman–Crippen MR) is 107 cm³/mol. The number of hydrogen-bond donors (Lipinski definition) is 1. The largest absolute Gasteiger partial charge is 0.497 e. The lowest BCUT2D eigenvalue weighted by Gasteiger charge is -2.03. The molecule has 0 aliphatic heterocycles. The van der Waals surface area contributed by atoms with Crippen LogP contribution in [0.15, 0.2) is 83.0 Å². The lowest BCUT2D eigenvalue weighted by Crippen LogP contribution is -1.83. The predicted octanol–water partition coefficient (Wildman–Crippen LogP) is 6.27. The van der Waals surface area contributed by atoms with Crippen LogP contribution >= 0.6 is 0 Å². The van der Waals surface area contributed by atoms with Crippen molar-refractivity contribution in [2.75, 3.05) is 14.2 Å². The first kappa shape index (κ1) is 16.8. The third-order valence-corrected chi connectivity index (χ3v) is 4.40. The van der Waals surface area contributed by atoms with Crippen LogP contribution in [0, 0.1) is 0 Å². The fourth-order valence-corrected chi connectivity index (χ4v) is 2.95. The van der Waals surface area contributed by atoms with Crippen molar-refractivity contribution in [2.45, 2.75) is 0 Å². The molecule has 4 rings (SSSR count). The van der Waals surface area contributed by atoms with Gasteiger partial charge in [-0.1, -0.05) is 18.2 Å². The molecule has 5 heteroatoms. The Morgan fingerprint density at radius 3 is 2.00 bits per heavy atom. The Morgan fingerprint density at radius 2 is 1.33 bits per heavy atom. The molecule has 27 heavy (non-hydrogen) atoms. The van der Waals surface area contributed by atoms with Crippen molar-refractivity contribution in [2.24, 2.45) is 10.2 Å². The summed E-state index contributed by atoms with van der Waals surface area (Å²) < 4.78 is 10.4. The maximum absolute atomic E-state index is 5.26. The zero-order chi connectivity index (χ0) is 18.6. The minimum atomic E-state index is 0.766. The second-order valence-corrected chi connectivity index (χ2v) is 6.02. The summed E-state index contributed by atoms with van der Waals surface area (Å²) in [6.07, 6.45) is 0. The molecule has 0 saturated heterocycles. The molecule has 4 aromatic rings. The minimum Gasteiger partial charge on any atom is -0.497 e. The normalized spacial score (nSPS) is 11.2. The molecular formula is C22H19N3O2. The van der Waals surface area contributed by atoms with Crippen molar-refractivity contribution in [1.82, 2.24) is 4.98 Å². The summed E-state index contributed by atoms with van der Waals surface area (Å²) in [5, 5.41) is 10.0. The van der Waals surface area contributed by atoms with Crippen LogP contribution in [0.25, 0.3) is 22.2 Å². The molecule has 0 atom stereocenters. The van der Waals surface area contributed by atoms with Gasteiger partial charge in [-0.25, -0.2) is 0 Å². The first-order valence-electron chi connectivity index (χ1n) is 8.59. The number of benzene rings is 3. The summed E-state index contributed by atoms with van der Waals surface area (Å²) in [7, 11) is 3.30. The third kappa shape index (κ3) is 3.40. The fraction of sp³-hybridized carbons (Fsp3) is 0.0909. The number of ether oxygens (including phenoxy) is 2. The van der Waals surface area contributed by atoms with E-state index in [9.17, 15) is 0 Å². The molecule has 3 aromatic carbocycles. The Morgan fingerprint density at radius 1 is 0.704 bits per heavy atom. The zero-order valence-electron chi connectivity index (χ0n) is 15.1. The van der Waals surface area contributed by atoms with E-state index in [2.05, 4.69) is 15.2 Å². The number of aromatic amines is 1. The van der Waals surface area contributed by atoms with Crippen molar-refractivity contribution in [3.8, 4) is 22.8 Å². The maximum Gasteiger partial charge on any atom is 0.119 e. The molecule has 0 fully saturated rings. The van der Waals surface area contributed by atoms with Gasteiger partial charge in [-0.3, -0.25) is 0 Å². The molecule has 0 unspecified atom stereocenters. The summed E-state index contributed by atoms with van der Waals surface area (Å²) >= 11 is 0. The third-order valence-electron chi connectivity index (χ3n) is 4.40. The molecule has 5 nitrogen and oxygen atoms in total. The lowest BCUT2D eigenvalue weighted by atomic mass is 10.1. The van der Waals surface area contributed by atoms with Gasteiger partial charge < -0.3 is 14.5 Å². The van der Waals surface area contributed by atoms with Crippen molar-refractivity contribution in [3.63, 3.8) is 0 Å². The Hall–Kier alpha value is -3.60. The average molecular weight is 357 g/mol. The van der Waals surface area contributed by atoms with Gasteiger partial charge in [0.05, 0.1) is 25.6 Å². The molecule has 1 N–H and O–H groups in total. The summed E-state index contributed by atoms with van der Waals surface area (Å²) in [5.41, 5.74) is 4.55. The topological polar surface area (TPSA) is 59.0 Å². The smallest absolute Gasteiger partial charge is 0.119 e. The van der Waals surface area contributed by atoms with Gasteiger partial charge in [0.15, 0.2) is 0 Å². The number of methoxy groups -OCH3 is 2. The van der Waals surface area contributed by atoms with Gasteiger partial charge in [0.25, 0.3) is 0 Å². The lowest BCUT2D eigenvalue weighted by molar-refractivity contribution is 0.414. The Balaban J connectivity index is 1.78. The van der Waals surface area contributed by atoms with Crippen LogP contribution in [0.2, 0.25) is 0 Å². The van der Waals surface area contributed by atoms with Crippen molar-refractivity contribution in [3.05, 3.63) is 72.8 Å². The number of para-hydroxylation sites is 1. The Labute approximate surface area is 157 Å². The molecule has 0 aliphatic carbocycles. The van der Waals surface area contributed by atoms with Gasteiger partial charge in [-0.2, -0.15) is 5.11 Å². The molecule has 0 saturated carbocycles. The monoisotopic (exact) mass is 357 g/mol. The highest BCUT2D eigenvalue weighted by molar-refractivity contribution is 5.99. The van der Waals surface area contributed by atoms with Gasteiger partial charge in [0, 0.05) is 16.5 Å². The molecule has 1 aromatic heterocycles. The SMILES string of the molecule is COc1ccc(N=Nc2c(-c3ccc(OC)cc3)[nH]c3ccccc23)cc1. The van der Waals surface area contributed by atoms with Crippen LogP contribution in [0.5, 0.6) is 11.5 Å². The summed E-state index contributed by atoms with van der Waals surface area (Å²) in [4.78, 5) is 3.46. The van der Waals surface area contributed by atoms with Gasteiger partial charge in [-0.05, 0) is 54.6 Å². The van der Waals surface area contributed by atoms with Crippen LogP contribution < -0.4 is 9.47 Å². The first-order chi connectivity index (χ1) is 13.3. The molecule has 0 bridgehead atoms. The first-order valence-corrected chi connectivity index (χ1v) is 8.59. The van der Waals surface area contributed by atoms with E-state index in [0.29, 0.717) is 0 Å². The molecule has 1 heterocycles. The number of H-pyrrole nitrogens is 1. The van der Waals surface area contributed by atoms with Crippen molar-refractivity contribution < 1.29 is 9.47 Å². The van der Waals surface area contributed by atoms with Crippen LogP contribution in [0.4, 0.5) is 11.4 Å². The standard InChI is InChI=1S/C22H19N3O2/c1-26-17-11-7-15(8-12-17)21-22(19-5-3-4-6-20(19)23-21)25-24-16-9-13-18(27-2)14-10-16/h3-14,23H,1-2H3. The number of hydrogen-bond acceptors (Lipinski definition) is 4. The summed E-state index contributed by atoms with van der Waals surface area (Å²) in [6.45, 7) is 0. The van der Waals surface area contributed by atoms with E-state index in [1.54, 1.807) is 14.2 Å². The number of rotatable bonds is 5. The maximum atomic E-state index is 5.26. The number of fused-ring (bicyclic) bond motifs is 1. The minimum absolute atomic E-state index is 0.766. The number of aromatic nitrogens is 1. The quantitative estimate of drug-likeness (QED) is 0.428. The molecule has 134 valence electrons. The molecule has 0 amide bonds. The van der Waals surface area contributed by atoms with Crippen LogP contribution in [-0.2, 0) is 0 Å². The van der Waals surface area contributed by atoms with Crippen LogP contribution in [0.1, 0.15) is 0 Å². The highest BCUT2D eigenvalue weighted by Gasteiger charge is 2.13. The Kier molecular flexibility index (Phi) is 4.58. The van der Waals surface area contributed by atoms with E-state index < -0.39 is 0 Å². The van der Waals surface area contributed by atoms with Crippen molar-refractivity contribution >= 4 is 22.3 Å². The highest BCUT2D eigenvalue weighted by atomic mass is 16.5. The summed E-state index contributed by atoms with van der Waals surface area (Å²) in [6, 6.07) is 23.5. The number of azo groups is 1. The highest BCUT2D eigenvalue weighted by Crippen LogP contribution is 2.38. The van der Waals surface area contributed by atoms with E-state index in [4.69, 9.17) is 9.47 Å². The second-order valence-electron chi connectivity index (χ2n) is 6.02. The van der Waals surface area contributed by atoms with Gasteiger partial charge >= 0.3 is 0 Å². The number of nitrogens with zero attached hydrogens (tertiary/aromatic N) is 2. The molecule has 0 radical (unpaired) electrons. The zero-order valence-corrected chi connectivity index (χ0v) is 15.1. The number of nitrogens with one attached hydrogen (secondary N) is 1. The van der Waals surface area contributed by atoms with E-state index in [0.717, 1.165) is 45.0 Å². The van der Waals surface area contributed by atoms with Crippen molar-refractivity contribution in [1.29, 1.82) is 0 Å². The Bertz CT molecular complexity index is 1080. The van der Waals surface area contributed by atoms with Gasteiger partial charge in [0.2, 0.25) is 0 Å². The second kappa shape index (κ2) is 7.33. The summed E-state index contributed by atoms with van der Waals surface area (Å²) in [5.74, 6) is 1.61. The van der Waals surface area contributed by atoms with E-state index >= 15 is 0 Å². The average Bonchev–Trinajstić information content (AvgIpc) is 3.11. The van der Waals surface area contributed by atoms with Crippen LogP contribution in [-0.4, -0.2) is 19.2 Å². The fourth-order valence-electron chi connectivity index (χ4n) is 2.95. The van der Waals surface area contributed by atoms with Crippen LogP contribution in [0.3, 0.4) is 0 Å². The molecule has 0 spiro atoms. The molecular weight excluding hydrogens is 338 g/mol. The van der Waals surface area contributed by atoms with Gasteiger partial charge in [-0.15, -0.1) is 5.11 Å². The van der Waals surface area contributed by atoms with E-state index in [1.807, 2.05) is 72.8 Å². The molecule has 0 aliphatic rings. The van der Waals surface area contributed by atoms with E-state index in [-0.39, 0.29) is 0 Å². The van der Waals surface area contributed by atoms with E-state index in [1.165, 1.54) is 0 Å². The van der Waals surface area contributed by atoms with Gasteiger partial charge in [0.1, 0.15) is 17.2 Å².